The molecule has 0 radical (unpaired) electrons. The minimum Gasteiger partial charge on any atom is -0.303 e. The Kier molecular flexibility index (Phi) is 1.64. The normalized spacial score (nSPS) is 39.0. The van der Waals surface area contributed by atoms with E-state index in [4.69, 9.17) is 0 Å². The van der Waals surface area contributed by atoms with Gasteiger partial charge in [0.25, 0.3) is 0 Å². The van der Waals surface area contributed by atoms with Crippen molar-refractivity contribution in [2.24, 2.45) is 23.2 Å². The lowest BCUT2D eigenvalue weighted by Gasteiger charge is -2.30. The predicted octanol–water partition coefficient (Wildman–Crippen LogP) is 2.42. The van der Waals surface area contributed by atoms with Gasteiger partial charge < -0.3 is 4.79 Å². The fraction of sp³-hybridized carbons (Fsp3) is 0.727. The van der Waals surface area contributed by atoms with E-state index in [-0.39, 0.29) is 5.41 Å². The van der Waals surface area contributed by atoms with Crippen LogP contribution in [0.3, 0.4) is 0 Å². The van der Waals surface area contributed by atoms with Gasteiger partial charge in [0.15, 0.2) is 0 Å². The Labute approximate surface area is 73.8 Å². The molecule has 3 unspecified atom stereocenters. The fourth-order valence-electron chi connectivity index (χ4n) is 2.72. The number of aldehydes is 1. The first-order valence-corrected chi connectivity index (χ1v) is 4.78. The third-order valence-corrected chi connectivity index (χ3v) is 3.54. The summed E-state index contributed by atoms with van der Waals surface area (Å²) in [6.07, 6.45) is 8.28. The Morgan fingerprint density at radius 2 is 2.08 bits per heavy atom. The van der Waals surface area contributed by atoms with Gasteiger partial charge >= 0.3 is 0 Å². The summed E-state index contributed by atoms with van der Waals surface area (Å²) in [7, 11) is 0. The number of fused-ring (bicyclic) bond motifs is 2. The van der Waals surface area contributed by atoms with Crippen LogP contribution >= 0.6 is 0 Å². The van der Waals surface area contributed by atoms with Gasteiger partial charge in [0, 0.05) is 5.41 Å². The minimum absolute atomic E-state index is 0.107. The first kappa shape index (κ1) is 8.03. The van der Waals surface area contributed by atoms with Crippen molar-refractivity contribution in [1.29, 1.82) is 0 Å². The van der Waals surface area contributed by atoms with Crippen LogP contribution in [0.25, 0.3) is 0 Å². The van der Waals surface area contributed by atoms with E-state index in [0.717, 1.165) is 12.2 Å². The maximum atomic E-state index is 10.9. The van der Waals surface area contributed by atoms with E-state index in [2.05, 4.69) is 26.0 Å². The molecule has 1 heteroatoms. The van der Waals surface area contributed by atoms with Crippen LogP contribution in [0.1, 0.15) is 26.7 Å². The molecular formula is C11H16O. The van der Waals surface area contributed by atoms with Gasteiger partial charge in [-0.15, -0.1) is 0 Å². The number of rotatable bonds is 2. The molecule has 1 saturated carbocycles. The maximum absolute atomic E-state index is 10.9. The second-order valence-corrected chi connectivity index (χ2v) is 4.83. The molecule has 0 saturated heterocycles. The quantitative estimate of drug-likeness (QED) is 0.452. The zero-order chi connectivity index (χ0) is 8.77. The standard InChI is InChI=1S/C11H16O/c1-11(2,7-12)10-6-8-3-4-9(10)5-8/h3-4,7-10H,5-6H2,1-2H3. The third kappa shape index (κ3) is 1.03. The SMILES string of the molecule is CC(C)(C=O)C1CC2C=CC1C2. The summed E-state index contributed by atoms with van der Waals surface area (Å²) in [4.78, 5) is 10.9. The van der Waals surface area contributed by atoms with E-state index >= 15 is 0 Å². The van der Waals surface area contributed by atoms with Crippen LogP contribution in [-0.2, 0) is 4.79 Å². The van der Waals surface area contributed by atoms with Crippen molar-refractivity contribution in [2.75, 3.05) is 0 Å². The third-order valence-electron chi connectivity index (χ3n) is 3.54. The number of carbonyl (C=O) groups is 1. The van der Waals surface area contributed by atoms with E-state index in [0.29, 0.717) is 11.8 Å². The Morgan fingerprint density at radius 3 is 2.50 bits per heavy atom. The van der Waals surface area contributed by atoms with E-state index < -0.39 is 0 Å². The Morgan fingerprint density at radius 1 is 1.33 bits per heavy atom. The highest BCUT2D eigenvalue weighted by Gasteiger charge is 2.43. The highest BCUT2D eigenvalue weighted by molar-refractivity contribution is 5.59. The summed E-state index contributed by atoms with van der Waals surface area (Å²) >= 11 is 0. The molecule has 3 atom stereocenters. The topological polar surface area (TPSA) is 17.1 Å². The summed E-state index contributed by atoms with van der Waals surface area (Å²) in [6.45, 7) is 4.14. The molecule has 2 rings (SSSR count). The monoisotopic (exact) mass is 164 g/mol. The highest BCUT2D eigenvalue weighted by atomic mass is 16.1. The van der Waals surface area contributed by atoms with Crippen molar-refractivity contribution in [3.63, 3.8) is 0 Å². The zero-order valence-corrected chi connectivity index (χ0v) is 7.79. The zero-order valence-electron chi connectivity index (χ0n) is 7.79. The maximum Gasteiger partial charge on any atom is 0.125 e. The number of hydrogen-bond donors (Lipinski definition) is 0. The molecule has 0 aromatic heterocycles. The van der Waals surface area contributed by atoms with Crippen LogP contribution in [0, 0.1) is 23.2 Å². The molecule has 0 aromatic rings. The summed E-state index contributed by atoms with van der Waals surface area (Å²) in [5, 5.41) is 0. The summed E-state index contributed by atoms with van der Waals surface area (Å²) < 4.78 is 0. The number of carbonyl (C=O) groups excluding carboxylic acids is 1. The second kappa shape index (κ2) is 2.45. The Hall–Kier alpha value is -0.590. The highest BCUT2D eigenvalue weighted by Crippen LogP contribution is 2.50. The van der Waals surface area contributed by atoms with Crippen LogP contribution in [0.2, 0.25) is 0 Å². The van der Waals surface area contributed by atoms with Crippen LogP contribution in [-0.4, -0.2) is 6.29 Å². The Balaban J connectivity index is 2.17. The van der Waals surface area contributed by atoms with E-state index in [1.54, 1.807) is 0 Å². The number of allylic oxidation sites excluding steroid dienone is 2. The molecule has 0 amide bonds. The molecule has 66 valence electrons. The van der Waals surface area contributed by atoms with E-state index in [1.165, 1.54) is 12.8 Å². The fourth-order valence-corrected chi connectivity index (χ4v) is 2.72. The minimum atomic E-state index is -0.107. The largest absolute Gasteiger partial charge is 0.303 e. The van der Waals surface area contributed by atoms with Crippen molar-refractivity contribution in [3.05, 3.63) is 12.2 Å². The van der Waals surface area contributed by atoms with Gasteiger partial charge in [-0.3, -0.25) is 0 Å². The van der Waals surface area contributed by atoms with Crippen molar-refractivity contribution >= 4 is 6.29 Å². The summed E-state index contributed by atoms with van der Waals surface area (Å²) in [5.74, 6) is 2.07. The lowest BCUT2D eigenvalue weighted by atomic mass is 9.73. The van der Waals surface area contributed by atoms with Gasteiger partial charge in [-0.05, 0) is 30.6 Å². The first-order chi connectivity index (χ1) is 5.63. The van der Waals surface area contributed by atoms with Crippen LogP contribution < -0.4 is 0 Å². The molecule has 0 aromatic carbocycles. The first-order valence-electron chi connectivity index (χ1n) is 4.78. The molecule has 0 N–H and O–H groups in total. The van der Waals surface area contributed by atoms with Gasteiger partial charge in [0.1, 0.15) is 6.29 Å². The van der Waals surface area contributed by atoms with Crippen molar-refractivity contribution < 1.29 is 4.79 Å². The summed E-state index contributed by atoms with van der Waals surface area (Å²) in [6, 6.07) is 0. The van der Waals surface area contributed by atoms with Gasteiger partial charge in [-0.25, -0.2) is 0 Å². The average Bonchev–Trinajstić information content (AvgIpc) is 2.64. The van der Waals surface area contributed by atoms with Crippen LogP contribution in [0.4, 0.5) is 0 Å². The molecule has 0 spiro atoms. The lowest BCUT2D eigenvalue weighted by molar-refractivity contribution is -0.117. The van der Waals surface area contributed by atoms with Gasteiger partial charge in [0.2, 0.25) is 0 Å². The molecular weight excluding hydrogens is 148 g/mol. The van der Waals surface area contributed by atoms with Crippen LogP contribution in [0.5, 0.6) is 0 Å². The van der Waals surface area contributed by atoms with Gasteiger partial charge in [-0.2, -0.15) is 0 Å². The smallest absolute Gasteiger partial charge is 0.125 e. The van der Waals surface area contributed by atoms with Gasteiger partial charge in [0.05, 0.1) is 0 Å². The second-order valence-electron chi connectivity index (χ2n) is 4.83. The summed E-state index contributed by atoms with van der Waals surface area (Å²) in [5.41, 5.74) is -0.107. The van der Waals surface area contributed by atoms with E-state index in [1.807, 2.05) is 0 Å². The number of hydrogen-bond acceptors (Lipinski definition) is 1. The van der Waals surface area contributed by atoms with Crippen LogP contribution in [0.15, 0.2) is 12.2 Å². The average molecular weight is 164 g/mol. The molecule has 12 heavy (non-hydrogen) atoms. The molecule has 1 fully saturated rings. The van der Waals surface area contributed by atoms with Crippen molar-refractivity contribution in [3.8, 4) is 0 Å². The molecule has 2 aliphatic rings. The molecule has 2 aliphatic carbocycles. The van der Waals surface area contributed by atoms with E-state index in [9.17, 15) is 4.79 Å². The molecule has 0 aliphatic heterocycles. The molecule has 1 nitrogen and oxygen atoms in total. The molecule has 2 bridgehead atoms. The molecule has 0 heterocycles. The van der Waals surface area contributed by atoms with Crippen molar-refractivity contribution in [1.82, 2.24) is 0 Å². The Bertz CT molecular complexity index is 227. The predicted molar refractivity (Wildman–Crippen MR) is 48.7 cm³/mol. The lowest BCUT2D eigenvalue weighted by Crippen LogP contribution is -2.28. The van der Waals surface area contributed by atoms with Gasteiger partial charge in [-0.1, -0.05) is 26.0 Å². The van der Waals surface area contributed by atoms with Crippen molar-refractivity contribution in [2.45, 2.75) is 26.7 Å².